The monoisotopic (exact) mass is 312 g/mol. The summed E-state index contributed by atoms with van der Waals surface area (Å²) in [4.78, 5) is 33.0. The standard InChI is InChI=1S/C13H13ClN2O5/c1-7-2-3-10(9(14)4-7)15-12(17)6-21-13(18)8-5-11(8)16(19)20/h2-4,8,11H,5-6H2,1H3,(H,15,17). The van der Waals surface area contributed by atoms with Crippen LogP contribution in [0.1, 0.15) is 12.0 Å². The number of aryl methyl sites for hydroxylation is 1. The third-order valence-corrected chi connectivity index (χ3v) is 3.39. The van der Waals surface area contributed by atoms with Gasteiger partial charge in [-0.2, -0.15) is 0 Å². The van der Waals surface area contributed by atoms with Gasteiger partial charge in [0, 0.05) is 11.3 Å². The van der Waals surface area contributed by atoms with Crippen LogP contribution in [0.3, 0.4) is 0 Å². The molecule has 21 heavy (non-hydrogen) atoms. The summed E-state index contributed by atoms with van der Waals surface area (Å²) in [6, 6.07) is 4.22. The number of nitrogens with one attached hydrogen (secondary N) is 1. The second kappa shape index (κ2) is 6.09. The van der Waals surface area contributed by atoms with Gasteiger partial charge in [0.2, 0.25) is 6.04 Å². The summed E-state index contributed by atoms with van der Waals surface area (Å²) in [5.41, 5.74) is 1.36. The van der Waals surface area contributed by atoms with E-state index in [0.29, 0.717) is 10.7 Å². The van der Waals surface area contributed by atoms with E-state index in [4.69, 9.17) is 16.3 Å². The third-order valence-electron chi connectivity index (χ3n) is 3.07. The number of amides is 1. The molecule has 2 atom stereocenters. The summed E-state index contributed by atoms with van der Waals surface area (Å²) in [7, 11) is 0. The largest absolute Gasteiger partial charge is 0.455 e. The molecule has 0 aromatic heterocycles. The zero-order valence-electron chi connectivity index (χ0n) is 11.2. The fourth-order valence-corrected chi connectivity index (χ4v) is 2.10. The van der Waals surface area contributed by atoms with Crippen molar-refractivity contribution < 1.29 is 19.2 Å². The molecule has 0 spiro atoms. The molecule has 0 heterocycles. The van der Waals surface area contributed by atoms with E-state index in [1.165, 1.54) is 0 Å². The number of carbonyl (C=O) groups is 2. The van der Waals surface area contributed by atoms with Crippen LogP contribution in [-0.4, -0.2) is 29.4 Å². The van der Waals surface area contributed by atoms with E-state index in [-0.39, 0.29) is 6.42 Å². The van der Waals surface area contributed by atoms with E-state index in [0.717, 1.165) is 5.56 Å². The van der Waals surface area contributed by atoms with Crippen molar-refractivity contribution in [2.75, 3.05) is 11.9 Å². The number of hydrogen-bond donors (Lipinski definition) is 1. The molecule has 1 fully saturated rings. The average molecular weight is 313 g/mol. The highest BCUT2D eigenvalue weighted by Crippen LogP contribution is 2.34. The van der Waals surface area contributed by atoms with E-state index < -0.39 is 35.4 Å². The molecule has 112 valence electrons. The van der Waals surface area contributed by atoms with Crippen LogP contribution in [-0.2, 0) is 14.3 Å². The topological polar surface area (TPSA) is 98.5 Å². The lowest BCUT2D eigenvalue weighted by atomic mass is 10.2. The van der Waals surface area contributed by atoms with Gasteiger partial charge in [-0.15, -0.1) is 0 Å². The lowest BCUT2D eigenvalue weighted by Crippen LogP contribution is -2.23. The smallest absolute Gasteiger partial charge is 0.316 e. The summed E-state index contributed by atoms with van der Waals surface area (Å²) < 4.78 is 4.75. The van der Waals surface area contributed by atoms with E-state index in [1.807, 2.05) is 6.92 Å². The number of hydrogen-bond acceptors (Lipinski definition) is 5. The van der Waals surface area contributed by atoms with Gasteiger partial charge in [-0.25, -0.2) is 0 Å². The number of rotatable bonds is 5. The Morgan fingerprint density at radius 3 is 2.81 bits per heavy atom. The van der Waals surface area contributed by atoms with Gasteiger partial charge in [-0.1, -0.05) is 17.7 Å². The van der Waals surface area contributed by atoms with Crippen LogP contribution in [0.25, 0.3) is 0 Å². The summed E-state index contributed by atoms with van der Waals surface area (Å²) >= 11 is 5.95. The minimum Gasteiger partial charge on any atom is -0.455 e. The molecule has 8 heteroatoms. The molecule has 1 amide bonds. The first-order chi connectivity index (χ1) is 9.88. The number of esters is 1. The molecule has 0 saturated heterocycles. The van der Waals surface area contributed by atoms with E-state index >= 15 is 0 Å². The van der Waals surface area contributed by atoms with Crippen molar-refractivity contribution in [1.29, 1.82) is 0 Å². The predicted octanol–water partition coefficient (Wildman–Crippen LogP) is 1.80. The Morgan fingerprint density at radius 1 is 1.52 bits per heavy atom. The lowest BCUT2D eigenvalue weighted by molar-refractivity contribution is -0.497. The molecule has 0 radical (unpaired) electrons. The Hall–Kier alpha value is -2.15. The van der Waals surface area contributed by atoms with Gasteiger partial charge in [0.05, 0.1) is 10.7 Å². The van der Waals surface area contributed by atoms with Crippen LogP contribution in [0.15, 0.2) is 18.2 Å². The Morgan fingerprint density at radius 2 is 2.24 bits per heavy atom. The van der Waals surface area contributed by atoms with Crippen LogP contribution in [0.2, 0.25) is 5.02 Å². The summed E-state index contributed by atoms with van der Waals surface area (Å²) in [6.45, 7) is 1.37. The normalized spacial score (nSPS) is 19.7. The molecule has 1 aliphatic carbocycles. The van der Waals surface area contributed by atoms with Crippen molar-refractivity contribution in [3.63, 3.8) is 0 Å². The minimum absolute atomic E-state index is 0.164. The third kappa shape index (κ3) is 3.91. The molecule has 2 unspecified atom stereocenters. The number of ether oxygens (including phenoxy) is 1. The molecular formula is C13H13ClN2O5. The van der Waals surface area contributed by atoms with Crippen LogP contribution in [0.5, 0.6) is 0 Å². The van der Waals surface area contributed by atoms with E-state index in [9.17, 15) is 19.7 Å². The summed E-state index contributed by atoms with van der Waals surface area (Å²) in [5, 5.41) is 13.3. The first-order valence-corrected chi connectivity index (χ1v) is 6.62. The molecule has 1 aromatic carbocycles. The highest BCUT2D eigenvalue weighted by atomic mass is 35.5. The second-order valence-electron chi connectivity index (χ2n) is 4.83. The van der Waals surface area contributed by atoms with Gasteiger partial charge < -0.3 is 10.1 Å². The van der Waals surface area contributed by atoms with Crippen molar-refractivity contribution in [3.05, 3.63) is 38.9 Å². The maximum absolute atomic E-state index is 11.6. The Balaban J connectivity index is 1.80. The van der Waals surface area contributed by atoms with Gasteiger partial charge in [0.25, 0.3) is 5.91 Å². The van der Waals surface area contributed by atoms with Crippen molar-refractivity contribution in [2.45, 2.75) is 19.4 Å². The maximum atomic E-state index is 11.6. The second-order valence-corrected chi connectivity index (χ2v) is 5.24. The molecule has 7 nitrogen and oxygen atoms in total. The first-order valence-electron chi connectivity index (χ1n) is 6.24. The zero-order valence-corrected chi connectivity index (χ0v) is 11.9. The Bertz CT molecular complexity index is 604. The first kappa shape index (κ1) is 15.2. The molecule has 1 aliphatic rings. The molecule has 1 saturated carbocycles. The number of nitro groups is 1. The van der Waals surface area contributed by atoms with Gasteiger partial charge in [0.15, 0.2) is 6.61 Å². The number of halogens is 1. The fraction of sp³-hybridized carbons (Fsp3) is 0.385. The molecular weight excluding hydrogens is 300 g/mol. The van der Waals surface area contributed by atoms with E-state index in [1.54, 1.807) is 18.2 Å². The van der Waals surface area contributed by atoms with Gasteiger partial charge in [-0.05, 0) is 24.6 Å². The van der Waals surface area contributed by atoms with Crippen LogP contribution in [0.4, 0.5) is 5.69 Å². The van der Waals surface area contributed by atoms with Gasteiger partial charge >= 0.3 is 5.97 Å². The Kier molecular flexibility index (Phi) is 4.42. The van der Waals surface area contributed by atoms with Crippen LogP contribution >= 0.6 is 11.6 Å². The molecule has 0 aliphatic heterocycles. The number of anilines is 1. The minimum atomic E-state index is -0.882. The van der Waals surface area contributed by atoms with Crippen LogP contribution < -0.4 is 5.32 Å². The summed E-state index contributed by atoms with van der Waals surface area (Å²) in [5.74, 6) is -2.01. The number of nitrogens with zero attached hydrogens (tertiary/aromatic N) is 1. The predicted molar refractivity (Wildman–Crippen MR) is 74.7 cm³/mol. The molecule has 1 aromatic rings. The Labute approximate surface area is 125 Å². The summed E-state index contributed by atoms with van der Waals surface area (Å²) in [6.07, 6.45) is 0.164. The van der Waals surface area contributed by atoms with E-state index in [2.05, 4.69) is 5.32 Å². The quantitative estimate of drug-likeness (QED) is 0.508. The highest BCUT2D eigenvalue weighted by Gasteiger charge is 2.54. The van der Waals surface area contributed by atoms with Crippen molar-refractivity contribution in [1.82, 2.24) is 0 Å². The molecule has 2 rings (SSSR count). The van der Waals surface area contributed by atoms with Crippen LogP contribution in [0, 0.1) is 23.0 Å². The van der Waals surface area contributed by atoms with Crippen molar-refractivity contribution >= 4 is 29.2 Å². The van der Waals surface area contributed by atoms with Gasteiger partial charge in [-0.3, -0.25) is 19.7 Å². The SMILES string of the molecule is Cc1ccc(NC(=O)COC(=O)C2CC2[N+](=O)[O-])c(Cl)c1. The number of carbonyl (C=O) groups excluding carboxylic acids is 2. The molecule has 1 N–H and O–H groups in total. The van der Waals surface area contributed by atoms with Crippen molar-refractivity contribution in [2.24, 2.45) is 5.92 Å². The zero-order chi connectivity index (χ0) is 15.6. The number of benzene rings is 1. The lowest BCUT2D eigenvalue weighted by Gasteiger charge is -2.08. The van der Waals surface area contributed by atoms with Crippen molar-refractivity contribution in [3.8, 4) is 0 Å². The fourth-order valence-electron chi connectivity index (χ4n) is 1.82. The maximum Gasteiger partial charge on any atom is 0.316 e. The van der Waals surface area contributed by atoms with Gasteiger partial charge in [0.1, 0.15) is 5.92 Å². The average Bonchev–Trinajstić information content (AvgIpc) is 3.20. The molecule has 0 bridgehead atoms. The highest BCUT2D eigenvalue weighted by molar-refractivity contribution is 6.33.